The van der Waals surface area contributed by atoms with E-state index < -0.39 is 17.5 Å². The number of amides is 1. The summed E-state index contributed by atoms with van der Waals surface area (Å²) in [7, 11) is 0. The molecule has 3 heterocycles. The molecule has 0 aliphatic rings. The van der Waals surface area contributed by atoms with Gasteiger partial charge in [-0.3, -0.25) is 9.59 Å². The number of aromatic amines is 1. The maximum absolute atomic E-state index is 13.3. The van der Waals surface area contributed by atoms with Crippen LogP contribution in [0, 0.1) is 11.3 Å². The van der Waals surface area contributed by atoms with Gasteiger partial charge >= 0.3 is 0 Å². The molecule has 3 aromatic heterocycles. The molecule has 1 amide bonds. The molecule has 0 saturated carbocycles. The Morgan fingerprint density at radius 1 is 1.11 bits per heavy atom. The van der Waals surface area contributed by atoms with E-state index >= 15 is 0 Å². The minimum absolute atomic E-state index is 0.0384. The number of anilines is 1. The summed E-state index contributed by atoms with van der Waals surface area (Å²) < 4.78 is 1.18. The number of hydrogen-bond donors (Lipinski definition) is 3. The number of phenolic OH excluding ortho intramolecular Hbond substituents is 1. The third-order valence-electron chi connectivity index (χ3n) is 5.17. The number of rotatable bonds is 6. The highest BCUT2D eigenvalue weighted by atomic mass is 16.3. The van der Waals surface area contributed by atoms with Gasteiger partial charge in [0.15, 0.2) is 11.9 Å². The van der Waals surface area contributed by atoms with Gasteiger partial charge in [0.05, 0.1) is 22.9 Å². The highest BCUT2D eigenvalue weighted by Gasteiger charge is 2.27. The summed E-state index contributed by atoms with van der Waals surface area (Å²) >= 11 is 0. The maximum Gasteiger partial charge on any atom is 0.273 e. The third kappa shape index (κ3) is 4.62. The van der Waals surface area contributed by atoms with E-state index in [0.717, 1.165) is 0 Å². The van der Waals surface area contributed by atoms with Crippen molar-refractivity contribution in [1.29, 1.82) is 5.26 Å². The van der Waals surface area contributed by atoms with Crippen molar-refractivity contribution >= 4 is 28.4 Å². The predicted molar refractivity (Wildman–Crippen MR) is 130 cm³/mol. The molecule has 180 valence electrons. The Kier molecular flexibility index (Phi) is 6.12. The Balaban J connectivity index is 1.62. The fourth-order valence-electron chi connectivity index (χ4n) is 3.42. The molecular formula is C24H16N10O3. The number of carbonyl (C=O) groups is 1. The number of aromatic hydroxyl groups is 1. The lowest BCUT2D eigenvalue weighted by Gasteiger charge is -2.13. The smallest absolute Gasteiger partial charge is 0.273 e. The Labute approximate surface area is 207 Å². The second-order valence-electron chi connectivity index (χ2n) is 7.55. The number of phenols is 1. The fourth-order valence-corrected chi connectivity index (χ4v) is 3.42. The van der Waals surface area contributed by atoms with Crippen molar-refractivity contribution in [3.63, 3.8) is 0 Å². The van der Waals surface area contributed by atoms with Crippen LogP contribution in [0.5, 0.6) is 5.75 Å². The second kappa shape index (κ2) is 9.84. The topological polar surface area (TPSA) is 187 Å². The molecule has 2 aromatic carbocycles. The summed E-state index contributed by atoms with van der Waals surface area (Å²) in [5, 5.41) is 34.5. The summed E-state index contributed by atoms with van der Waals surface area (Å²) in [6.07, 6.45) is 4.22. The number of nitrogens with one attached hydrogen (secondary N) is 2. The van der Waals surface area contributed by atoms with Crippen molar-refractivity contribution < 1.29 is 9.90 Å². The Morgan fingerprint density at radius 2 is 1.86 bits per heavy atom. The molecule has 0 saturated heterocycles. The van der Waals surface area contributed by atoms with Crippen molar-refractivity contribution in [2.75, 3.05) is 5.32 Å². The minimum Gasteiger partial charge on any atom is -0.506 e. The van der Waals surface area contributed by atoms with Crippen LogP contribution >= 0.6 is 0 Å². The van der Waals surface area contributed by atoms with Gasteiger partial charge in [0.2, 0.25) is 0 Å². The maximum atomic E-state index is 13.3. The van der Waals surface area contributed by atoms with Crippen LogP contribution in [-0.2, 0) is 4.79 Å². The van der Waals surface area contributed by atoms with Gasteiger partial charge in [-0.1, -0.05) is 24.3 Å². The molecule has 37 heavy (non-hydrogen) atoms. The van der Waals surface area contributed by atoms with Crippen molar-refractivity contribution in [2.24, 2.45) is 10.2 Å². The third-order valence-corrected chi connectivity index (χ3v) is 5.17. The second-order valence-corrected chi connectivity index (χ2v) is 7.55. The van der Waals surface area contributed by atoms with Gasteiger partial charge in [-0.15, -0.1) is 5.11 Å². The molecule has 5 rings (SSSR count). The minimum atomic E-state index is -1.56. The number of H-pyrrole nitrogens is 1. The number of benzene rings is 2. The zero-order valence-corrected chi connectivity index (χ0v) is 18.8. The largest absolute Gasteiger partial charge is 0.506 e. The number of para-hydroxylation sites is 4. The number of hydrogen-bond acceptors (Lipinski definition) is 10. The first-order valence-corrected chi connectivity index (χ1v) is 10.8. The van der Waals surface area contributed by atoms with Crippen molar-refractivity contribution in [1.82, 2.24) is 29.7 Å². The van der Waals surface area contributed by atoms with Gasteiger partial charge in [-0.25, -0.2) is 15.0 Å². The summed E-state index contributed by atoms with van der Waals surface area (Å²) in [6, 6.07) is 14.9. The van der Waals surface area contributed by atoms with Gasteiger partial charge in [-0.2, -0.15) is 20.2 Å². The van der Waals surface area contributed by atoms with Crippen LogP contribution in [0.2, 0.25) is 0 Å². The Morgan fingerprint density at radius 3 is 2.65 bits per heavy atom. The zero-order valence-electron chi connectivity index (χ0n) is 18.8. The molecule has 13 nitrogen and oxygen atoms in total. The summed E-state index contributed by atoms with van der Waals surface area (Å²) in [5.41, 5.74) is 0.139. The summed E-state index contributed by atoms with van der Waals surface area (Å²) in [6.45, 7) is 0. The Bertz CT molecular complexity index is 1740. The van der Waals surface area contributed by atoms with Crippen LogP contribution in [0.25, 0.3) is 17.0 Å². The van der Waals surface area contributed by atoms with Gasteiger partial charge in [0.1, 0.15) is 23.1 Å². The molecule has 1 atom stereocenters. The number of nitrogens with zero attached hydrogens (tertiary/aromatic N) is 8. The lowest BCUT2D eigenvalue weighted by atomic mass is 10.2. The molecule has 0 bridgehead atoms. The molecule has 0 radical (unpaired) electrons. The molecule has 3 N–H and O–H groups in total. The lowest BCUT2D eigenvalue weighted by molar-refractivity contribution is -0.117. The average Bonchev–Trinajstić information content (AvgIpc) is 3.33. The van der Waals surface area contributed by atoms with Gasteiger partial charge in [-0.05, 0) is 30.3 Å². The normalized spacial score (nSPS) is 11.9. The average molecular weight is 492 g/mol. The quantitative estimate of drug-likeness (QED) is 0.238. The van der Waals surface area contributed by atoms with Crippen LogP contribution in [0.4, 0.5) is 11.5 Å². The number of azo groups is 1. The van der Waals surface area contributed by atoms with Crippen molar-refractivity contribution in [3.8, 4) is 17.8 Å². The first-order chi connectivity index (χ1) is 18.0. The van der Waals surface area contributed by atoms with E-state index in [1.807, 2.05) is 6.07 Å². The fraction of sp³-hybridized carbons (Fsp3) is 0.0417. The van der Waals surface area contributed by atoms with Crippen LogP contribution < -0.4 is 10.9 Å². The molecule has 0 fully saturated rings. The predicted octanol–water partition coefficient (Wildman–Crippen LogP) is 2.94. The van der Waals surface area contributed by atoms with Crippen molar-refractivity contribution in [3.05, 3.63) is 94.8 Å². The molecule has 0 aliphatic heterocycles. The van der Waals surface area contributed by atoms with E-state index in [1.165, 1.54) is 35.4 Å². The standard InChI is InChI=1S/C24H16N10O3/c25-12-14-13-28-34(24-26-10-5-11-27-24)21(14)33-32-20(23(37)31-17-8-3-4-9-18(17)35)19-22(36)30-16-7-2-1-6-15(16)29-19/h1-11,13,20,35H,(H,30,36)(H,31,37). The molecule has 5 aromatic rings. The van der Waals surface area contributed by atoms with E-state index in [9.17, 15) is 20.0 Å². The first kappa shape index (κ1) is 23.0. The van der Waals surface area contributed by atoms with Gasteiger partial charge < -0.3 is 15.4 Å². The molecule has 0 aliphatic carbocycles. The lowest BCUT2D eigenvalue weighted by Crippen LogP contribution is -2.27. The monoisotopic (exact) mass is 492 g/mol. The highest BCUT2D eigenvalue weighted by molar-refractivity contribution is 5.96. The summed E-state index contributed by atoms with van der Waals surface area (Å²) in [5.74, 6) is -0.904. The Hall–Kier alpha value is -5.77. The molecular weight excluding hydrogens is 476 g/mol. The van der Waals surface area contributed by atoms with Crippen LogP contribution in [-0.4, -0.2) is 40.7 Å². The van der Waals surface area contributed by atoms with Gasteiger partial charge in [0, 0.05) is 12.4 Å². The van der Waals surface area contributed by atoms with E-state index in [2.05, 4.69) is 40.6 Å². The molecule has 13 heteroatoms. The van der Waals surface area contributed by atoms with E-state index in [4.69, 9.17) is 0 Å². The molecule has 1 unspecified atom stereocenters. The number of carbonyl (C=O) groups excluding carboxylic acids is 1. The van der Waals surface area contributed by atoms with E-state index in [1.54, 1.807) is 42.5 Å². The number of nitriles is 1. The number of aromatic nitrogens is 6. The number of fused-ring (bicyclic) bond motifs is 1. The van der Waals surface area contributed by atoms with E-state index in [-0.39, 0.29) is 34.5 Å². The van der Waals surface area contributed by atoms with Gasteiger partial charge in [0.25, 0.3) is 17.4 Å². The SMILES string of the molecule is N#Cc1cnn(-c2ncccn2)c1N=NC(C(=O)Nc1ccccc1O)c1nc2ccccc2[nH]c1=O. The van der Waals surface area contributed by atoms with Crippen LogP contribution in [0.15, 0.2) is 88.2 Å². The van der Waals surface area contributed by atoms with E-state index in [0.29, 0.717) is 11.0 Å². The first-order valence-electron chi connectivity index (χ1n) is 10.8. The van der Waals surface area contributed by atoms with Crippen LogP contribution in [0.1, 0.15) is 17.3 Å². The summed E-state index contributed by atoms with van der Waals surface area (Å²) in [4.78, 5) is 41.5. The zero-order chi connectivity index (χ0) is 25.8. The highest BCUT2D eigenvalue weighted by Crippen LogP contribution is 2.27. The van der Waals surface area contributed by atoms with Crippen LogP contribution in [0.3, 0.4) is 0 Å². The van der Waals surface area contributed by atoms with Crippen molar-refractivity contribution in [2.45, 2.75) is 6.04 Å². The molecule has 0 spiro atoms.